The van der Waals surface area contributed by atoms with E-state index in [4.69, 9.17) is 10.7 Å². The molecule has 0 radical (unpaired) electrons. The van der Waals surface area contributed by atoms with Crippen LogP contribution in [0.4, 0.5) is 0 Å². The van der Waals surface area contributed by atoms with Crippen LogP contribution >= 0.6 is 11.3 Å². The minimum absolute atomic E-state index is 0.168. The number of hydrogen-bond acceptors (Lipinski definition) is 4. The lowest BCUT2D eigenvalue weighted by atomic mass is 9.98. The first-order valence-corrected chi connectivity index (χ1v) is 7.27. The van der Waals surface area contributed by atoms with E-state index in [0.29, 0.717) is 6.04 Å². The Morgan fingerprint density at radius 2 is 2.29 bits per heavy atom. The van der Waals surface area contributed by atoms with Crippen LogP contribution in [0, 0.1) is 0 Å². The van der Waals surface area contributed by atoms with E-state index in [1.54, 1.807) is 11.3 Å². The molecule has 0 amide bonds. The number of aromatic nitrogens is 1. The maximum absolute atomic E-state index is 5.79. The summed E-state index contributed by atoms with van der Waals surface area (Å²) in [5, 5.41) is 3.43. The Morgan fingerprint density at radius 3 is 2.88 bits per heavy atom. The molecule has 17 heavy (non-hydrogen) atoms. The van der Waals surface area contributed by atoms with Crippen molar-refractivity contribution in [1.29, 1.82) is 0 Å². The molecular formula is C13H23N3S. The van der Waals surface area contributed by atoms with Crippen LogP contribution in [0.1, 0.15) is 44.3 Å². The van der Waals surface area contributed by atoms with E-state index in [2.05, 4.69) is 31.1 Å². The molecule has 0 aliphatic carbocycles. The average molecular weight is 253 g/mol. The molecule has 0 saturated carbocycles. The fourth-order valence-corrected chi connectivity index (χ4v) is 3.20. The summed E-state index contributed by atoms with van der Waals surface area (Å²) < 4.78 is 0. The molecule has 1 unspecified atom stereocenters. The minimum atomic E-state index is 0.168. The Morgan fingerprint density at radius 1 is 1.53 bits per heavy atom. The predicted molar refractivity (Wildman–Crippen MR) is 73.3 cm³/mol. The van der Waals surface area contributed by atoms with Crippen LogP contribution < -0.4 is 5.73 Å². The second-order valence-corrected chi connectivity index (χ2v) is 6.75. The minimum Gasteiger partial charge on any atom is -0.329 e. The van der Waals surface area contributed by atoms with Crippen molar-refractivity contribution >= 4 is 11.3 Å². The highest BCUT2D eigenvalue weighted by molar-refractivity contribution is 7.09. The van der Waals surface area contributed by atoms with Gasteiger partial charge in [-0.15, -0.1) is 11.3 Å². The third kappa shape index (κ3) is 3.06. The van der Waals surface area contributed by atoms with Gasteiger partial charge in [-0.3, -0.25) is 4.90 Å². The number of rotatable bonds is 3. The van der Waals surface area contributed by atoms with E-state index in [1.807, 2.05) is 0 Å². The molecule has 4 heteroatoms. The van der Waals surface area contributed by atoms with Gasteiger partial charge in [0.25, 0.3) is 0 Å². The Kier molecular flexibility index (Phi) is 3.85. The Bertz CT molecular complexity index is 367. The van der Waals surface area contributed by atoms with Gasteiger partial charge in [0.2, 0.25) is 0 Å². The molecule has 1 aromatic heterocycles. The van der Waals surface area contributed by atoms with Crippen LogP contribution in [0.15, 0.2) is 5.38 Å². The van der Waals surface area contributed by atoms with E-state index < -0.39 is 0 Å². The molecule has 3 nitrogen and oxygen atoms in total. The van der Waals surface area contributed by atoms with Crippen molar-refractivity contribution in [1.82, 2.24) is 9.88 Å². The zero-order valence-corrected chi connectivity index (χ0v) is 11.9. The fourth-order valence-electron chi connectivity index (χ4n) is 2.30. The van der Waals surface area contributed by atoms with Crippen molar-refractivity contribution in [2.24, 2.45) is 5.73 Å². The van der Waals surface area contributed by atoms with Crippen LogP contribution in [0.2, 0.25) is 0 Å². The molecule has 1 aliphatic heterocycles. The van der Waals surface area contributed by atoms with Crippen LogP contribution in [-0.2, 0) is 12.0 Å². The molecule has 1 aliphatic rings. The first kappa shape index (κ1) is 13.0. The highest BCUT2D eigenvalue weighted by Gasteiger charge is 2.24. The average Bonchev–Trinajstić information content (AvgIpc) is 2.86. The topological polar surface area (TPSA) is 42.2 Å². The molecule has 2 heterocycles. The lowest BCUT2D eigenvalue weighted by molar-refractivity contribution is 0.247. The molecule has 1 atom stereocenters. The summed E-state index contributed by atoms with van der Waals surface area (Å²) in [5.74, 6) is 0. The summed E-state index contributed by atoms with van der Waals surface area (Å²) in [6, 6.07) is 0.565. The van der Waals surface area contributed by atoms with Crippen molar-refractivity contribution in [2.45, 2.75) is 51.6 Å². The monoisotopic (exact) mass is 253 g/mol. The third-order valence-electron chi connectivity index (χ3n) is 3.33. The van der Waals surface area contributed by atoms with E-state index in [-0.39, 0.29) is 5.41 Å². The van der Waals surface area contributed by atoms with E-state index in [0.717, 1.165) is 13.1 Å². The maximum atomic E-state index is 5.79. The standard InChI is InChI=1S/C13H23N3S/c1-13(2,3)12-15-10(9-17-12)8-16-6-4-5-11(16)7-14/h9,11H,4-8,14H2,1-3H3. The van der Waals surface area contributed by atoms with Crippen molar-refractivity contribution in [3.05, 3.63) is 16.1 Å². The van der Waals surface area contributed by atoms with Gasteiger partial charge in [0, 0.05) is 29.9 Å². The Hall–Kier alpha value is -0.450. The van der Waals surface area contributed by atoms with Gasteiger partial charge in [-0.25, -0.2) is 4.98 Å². The lowest BCUT2D eigenvalue weighted by Crippen LogP contribution is -2.34. The summed E-state index contributed by atoms with van der Waals surface area (Å²) in [7, 11) is 0. The Labute approximate surface area is 108 Å². The van der Waals surface area contributed by atoms with Crippen molar-refractivity contribution in [2.75, 3.05) is 13.1 Å². The predicted octanol–water partition coefficient (Wildman–Crippen LogP) is 2.36. The fraction of sp³-hybridized carbons (Fsp3) is 0.769. The number of thiazole rings is 1. The van der Waals surface area contributed by atoms with Gasteiger partial charge < -0.3 is 5.73 Å². The quantitative estimate of drug-likeness (QED) is 0.899. The zero-order chi connectivity index (χ0) is 12.5. The summed E-state index contributed by atoms with van der Waals surface area (Å²) >= 11 is 1.78. The molecule has 1 aromatic rings. The van der Waals surface area contributed by atoms with Crippen molar-refractivity contribution in [3.63, 3.8) is 0 Å². The van der Waals surface area contributed by atoms with Crippen molar-refractivity contribution < 1.29 is 0 Å². The van der Waals surface area contributed by atoms with Gasteiger partial charge >= 0.3 is 0 Å². The number of hydrogen-bond donors (Lipinski definition) is 1. The van der Waals surface area contributed by atoms with Crippen LogP contribution in [-0.4, -0.2) is 29.0 Å². The van der Waals surface area contributed by atoms with Crippen molar-refractivity contribution in [3.8, 4) is 0 Å². The van der Waals surface area contributed by atoms with E-state index in [9.17, 15) is 0 Å². The van der Waals surface area contributed by atoms with Gasteiger partial charge in [-0.2, -0.15) is 0 Å². The van der Waals surface area contributed by atoms with Gasteiger partial charge in [-0.05, 0) is 19.4 Å². The molecular weight excluding hydrogens is 230 g/mol. The maximum Gasteiger partial charge on any atom is 0.0982 e. The number of nitrogens with two attached hydrogens (primary N) is 1. The second kappa shape index (κ2) is 5.04. The lowest BCUT2D eigenvalue weighted by Gasteiger charge is -2.22. The van der Waals surface area contributed by atoms with E-state index >= 15 is 0 Å². The summed E-state index contributed by atoms with van der Waals surface area (Å²) in [5.41, 5.74) is 7.17. The zero-order valence-electron chi connectivity index (χ0n) is 11.1. The largest absolute Gasteiger partial charge is 0.329 e. The molecule has 0 bridgehead atoms. The molecule has 2 N–H and O–H groups in total. The van der Waals surface area contributed by atoms with Crippen LogP contribution in [0.25, 0.3) is 0 Å². The van der Waals surface area contributed by atoms with Gasteiger partial charge in [-0.1, -0.05) is 20.8 Å². The number of likely N-dealkylation sites (tertiary alicyclic amines) is 1. The molecule has 1 saturated heterocycles. The van der Waals surface area contributed by atoms with E-state index in [1.165, 1.54) is 30.1 Å². The highest BCUT2D eigenvalue weighted by Crippen LogP contribution is 2.27. The SMILES string of the molecule is CC(C)(C)c1nc(CN2CCCC2CN)cs1. The smallest absolute Gasteiger partial charge is 0.0982 e. The first-order chi connectivity index (χ1) is 8.00. The molecule has 0 spiro atoms. The summed E-state index contributed by atoms with van der Waals surface area (Å²) in [6.45, 7) is 9.56. The van der Waals surface area contributed by atoms with Gasteiger partial charge in [0.1, 0.15) is 0 Å². The highest BCUT2D eigenvalue weighted by atomic mass is 32.1. The summed E-state index contributed by atoms with van der Waals surface area (Å²) in [4.78, 5) is 7.22. The van der Waals surface area contributed by atoms with Crippen LogP contribution in [0.5, 0.6) is 0 Å². The van der Waals surface area contributed by atoms with Gasteiger partial charge in [0.15, 0.2) is 0 Å². The second-order valence-electron chi connectivity index (χ2n) is 5.90. The summed E-state index contributed by atoms with van der Waals surface area (Å²) in [6.07, 6.45) is 2.52. The molecule has 1 fully saturated rings. The molecule has 0 aromatic carbocycles. The van der Waals surface area contributed by atoms with Crippen LogP contribution in [0.3, 0.4) is 0 Å². The number of nitrogens with zero attached hydrogens (tertiary/aromatic N) is 2. The molecule has 96 valence electrons. The third-order valence-corrected chi connectivity index (χ3v) is 4.65. The normalized spacial score (nSPS) is 22.2. The van der Waals surface area contributed by atoms with Gasteiger partial charge in [0.05, 0.1) is 10.7 Å². The molecule has 2 rings (SSSR count). The first-order valence-electron chi connectivity index (χ1n) is 6.39. The Balaban J connectivity index is 2.02.